The third-order valence-corrected chi connectivity index (χ3v) is 6.57. The number of rotatable bonds is 9. The van der Waals surface area contributed by atoms with Crippen molar-refractivity contribution in [3.63, 3.8) is 0 Å². The molecule has 1 aromatic heterocycles. The zero-order valence-electron chi connectivity index (χ0n) is 19.0. The Morgan fingerprint density at radius 2 is 1.84 bits per heavy atom. The molecule has 4 rings (SSSR count). The predicted molar refractivity (Wildman–Crippen MR) is 128 cm³/mol. The number of aromatic nitrogens is 1. The summed E-state index contributed by atoms with van der Waals surface area (Å²) in [4.78, 5) is 2.55. The SMILES string of the molecule is COc1cccc(Cn2cccc2CN(Cc2ccccc2C#N)CC2CCCCC2)c1. The van der Waals surface area contributed by atoms with E-state index in [1.165, 1.54) is 43.4 Å². The smallest absolute Gasteiger partial charge is 0.119 e. The molecule has 2 aromatic carbocycles. The van der Waals surface area contributed by atoms with E-state index in [-0.39, 0.29) is 0 Å². The van der Waals surface area contributed by atoms with E-state index < -0.39 is 0 Å². The monoisotopic (exact) mass is 427 g/mol. The predicted octanol–water partition coefficient (Wildman–Crippen LogP) is 6.00. The van der Waals surface area contributed by atoms with Crippen molar-refractivity contribution < 1.29 is 4.74 Å². The van der Waals surface area contributed by atoms with Crippen LogP contribution in [-0.4, -0.2) is 23.1 Å². The Morgan fingerprint density at radius 3 is 2.66 bits per heavy atom. The number of nitriles is 1. The summed E-state index contributed by atoms with van der Waals surface area (Å²) in [5, 5.41) is 9.58. The Balaban J connectivity index is 1.53. The molecule has 0 atom stereocenters. The number of hydrogen-bond donors (Lipinski definition) is 0. The largest absolute Gasteiger partial charge is 0.497 e. The lowest BCUT2D eigenvalue weighted by molar-refractivity contribution is 0.183. The van der Waals surface area contributed by atoms with Gasteiger partial charge < -0.3 is 9.30 Å². The molecule has 0 saturated heterocycles. The Bertz CT molecular complexity index is 1040. The van der Waals surface area contributed by atoms with E-state index in [1.807, 2.05) is 30.3 Å². The Hall–Kier alpha value is -3.03. The van der Waals surface area contributed by atoms with Gasteiger partial charge in [-0.05, 0) is 60.2 Å². The molecule has 4 nitrogen and oxygen atoms in total. The summed E-state index contributed by atoms with van der Waals surface area (Å²) in [6, 6.07) is 23.0. The van der Waals surface area contributed by atoms with Gasteiger partial charge in [0.2, 0.25) is 0 Å². The van der Waals surface area contributed by atoms with E-state index in [0.29, 0.717) is 0 Å². The van der Waals surface area contributed by atoms with E-state index >= 15 is 0 Å². The van der Waals surface area contributed by atoms with Crippen LogP contribution in [0, 0.1) is 17.2 Å². The second kappa shape index (κ2) is 11.0. The van der Waals surface area contributed by atoms with Crippen LogP contribution in [0.15, 0.2) is 66.9 Å². The van der Waals surface area contributed by atoms with Crippen LogP contribution in [0.25, 0.3) is 0 Å². The first-order valence-corrected chi connectivity index (χ1v) is 11.7. The maximum Gasteiger partial charge on any atom is 0.119 e. The van der Waals surface area contributed by atoms with Crippen LogP contribution in [-0.2, 0) is 19.6 Å². The normalized spacial score (nSPS) is 14.4. The van der Waals surface area contributed by atoms with Crippen molar-refractivity contribution in [3.05, 3.63) is 89.2 Å². The van der Waals surface area contributed by atoms with Gasteiger partial charge in [-0.2, -0.15) is 5.26 Å². The fourth-order valence-electron chi connectivity index (χ4n) is 4.87. The maximum atomic E-state index is 9.58. The minimum absolute atomic E-state index is 0.750. The molecular weight excluding hydrogens is 394 g/mol. The minimum Gasteiger partial charge on any atom is -0.497 e. The fraction of sp³-hybridized carbons (Fsp3) is 0.393. The molecule has 1 aliphatic rings. The first-order valence-electron chi connectivity index (χ1n) is 11.7. The second-order valence-corrected chi connectivity index (χ2v) is 8.92. The summed E-state index contributed by atoms with van der Waals surface area (Å²) in [7, 11) is 1.71. The third kappa shape index (κ3) is 5.81. The number of ether oxygens (including phenoxy) is 1. The van der Waals surface area contributed by atoms with Crippen LogP contribution < -0.4 is 4.74 Å². The van der Waals surface area contributed by atoms with Crippen LogP contribution in [0.5, 0.6) is 5.75 Å². The van der Waals surface area contributed by atoms with Gasteiger partial charge in [-0.25, -0.2) is 0 Å². The maximum absolute atomic E-state index is 9.58. The first kappa shape index (κ1) is 22.2. The summed E-state index contributed by atoms with van der Waals surface area (Å²) in [6.45, 7) is 3.60. The van der Waals surface area contributed by atoms with Gasteiger partial charge in [-0.3, -0.25) is 4.90 Å². The highest BCUT2D eigenvalue weighted by molar-refractivity contribution is 5.37. The van der Waals surface area contributed by atoms with Gasteiger partial charge in [0.05, 0.1) is 18.7 Å². The molecule has 1 saturated carbocycles. The molecule has 0 amide bonds. The van der Waals surface area contributed by atoms with Gasteiger partial charge in [-0.15, -0.1) is 0 Å². The van der Waals surface area contributed by atoms with E-state index in [2.05, 4.69) is 52.1 Å². The van der Waals surface area contributed by atoms with E-state index in [1.54, 1.807) is 7.11 Å². The summed E-state index contributed by atoms with van der Waals surface area (Å²) >= 11 is 0. The first-order chi connectivity index (χ1) is 15.7. The number of benzene rings is 2. The van der Waals surface area contributed by atoms with E-state index in [4.69, 9.17) is 4.74 Å². The minimum atomic E-state index is 0.750. The van der Waals surface area contributed by atoms with Crippen LogP contribution in [0.4, 0.5) is 0 Å². The molecule has 4 heteroatoms. The number of hydrogen-bond acceptors (Lipinski definition) is 3. The van der Waals surface area contributed by atoms with Crippen molar-refractivity contribution in [3.8, 4) is 11.8 Å². The van der Waals surface area contributed by atoms with Crippen molar-refractivity contribution in [1.82, 2.24) is 9.47 Å². The van der Waals surface area contributed by atoms with Gasteiger partial charge in [0.25, 0.3) is 0 Å². The van der Waals surface area contributed by atoms with Crippen molar-refractivity contribution in [1.29, 1.82) is 5.26 Å². The Labute approximate surface area is 192 Å². The Kier molecular flexibility index (Phi) is 7.64. The molecule has 3 aromatic rings. The quantitative estimate of drug-likeness (QED) is 0.421. The average Bonchev–Trinajstić information content (AvgIpc) is 3.26. The summed E-state index contributed by atoms with van der Waals surface area (Å²) in [5.74, 6) is 1.64. The van der Waals surface area contributed by atoms with Crippen LogP contribution in [0.1, 0.15) is 54.5 Å². The Morgan fingerprint density at radius 1 is 1.00 bits per heavy atom. The molecule has 0 aliphatic heterocycles. The molecule has 0 bridgehead atoms. The molecule has 1 fully saturated rings. The van der Waals surface area contributed by atoms with Crippen molar-refractivity contribution >= 4 is 0 Å². The third-order valence-electron chi connectivity index (χ3n) is 6.57. The lowest BCUT2D eigenvalue weighted by atomic mass is 9.88. The van der Waals surface area contributed by atoms with Gasteiger partial charge >= 0.3 is 0 Å². The summed E-state index contributed by atoms with van der Waals surface area (Å²) in [5.41, 5.74) is 4.44. The van der Waals surface area contributed by atoms with E-state index in [0.717, 1.165) is 49.0 Å². The van der Waals surface area contributed by atoms with E-state index in [9.17, 15) is 5.26 Å². The van der Waals surface area contributed by atoms with Crippen LogP contribution in [0.3, 0.4) is 0 Å². The number of nitrogens with zero attached hydrogens (tertiary/aromatic N) is 3. The van der Waals surface area contributed by atoms with Crippen LogP contribution in [0.2, 0.25) is 0 Å². The van der Waals surface area contributed by atoms with Gasteiger partial charge in [0.1, 0.15) is 5.75 Å². The zero-order chi connectivity index (χ0) is 22.2. The van der Waals surface area contributed by atoms with Crippen molar-refractivity contribution in [2.45, 2.75) is 51.7 Å². The fourth-order valence-corrected chi connectivity index (χ4v) is 4.87. The van der Waals surface area contributed by atoms with Gasteiger partial charge in [0, 0.05) is 38.1 Å². The highest BCUT2D eigenvalue weighted by Gasteiger charge is 2.19. The molecule has 32 heavy (non-hydrogen) atoms. The highest BCUT2D eigenvalue weighted by atomic mass is 16.5. The highest BCUT2D eigenvalue weighted by Crippen LogP contribution is 2.26. The molecule has 0 radical (unpaired) electrons. The van der Waals surface area contributed by atoms with Crippen molar-refractivity contribution in [2.75, 3.05) is 13.7 Å². The molecule has 1 aliphatic carbocycles. The number of methoxy groups -OCH3 is 1. The molecular formula is C28H33N3O. The second-order valence-electron chi connectivity index (χ2n) is 8.92. The lowest BCUT2D eigenvalue weighted by Gasteiger charge is -2.30. The molecule has 1 heterocycles. The topological polar surface area (TPSA) is 41.2 Å². The molecule has 0 unspecified atom stereocenters. The lowest BCUT2D eigenvalue weighted by Crippen LogP contribution is -2.31. The standard InChI is InChI=1S/C28H33N3O/c1-32-28-15-7-11-24(17-28)20-31-16-8-14-27(31)22-30(19-23-9-3-2-4-10-23)21-26-13-6-5-12-25(26)18-29/h5-8,11-17,23H,2-4,9-10,19-22H2,1H3. The molecule has 0 N–H and O–H groups in total. The average molecular weight is 428 g/mol. The zero-order valence-corrected chi connectivity index (χ0v) is 19.0. The molecule has 0 spiro atoms. The van der Waals surface area contributed by atoms with Crippen molar-refractivity contribution in [2.24, 2.45) is 5.92 Å². The van der Waals surface area contributed by atoms with Crippen LogP contribution >= 0.6 is 0 Å². The van der Waals surface area contributed by atoms with Gasteiger partial charge in [0.15, 0.2) is 0 Å². The summed E-state index contributed by atoms with van der Waals surface area (Å²) < 4.78 is 7.73. The molecule has 166 valence electrons. The van der Waals surface area contributed by atoms with Gasteiger partial charge in [-0.1, -0.05) is 49.6 Å². The summed E-state index contributed by atoms with van der Waals surface area (Å²) in [6.07, 6.45) is 8.87.